The van der Waals surface area contributed by atoms with Crippen LogP contribution in [0.4, 0.5) is 22.7 Å². The maximum Gasteiger partial charge on any atom is 0.146 e. The molecular formula is C14H25N5O. The maximum absolute atomic E-state index is 6.14. The van der Waals surface area contributed by atoms with Crippen molar-refractivity contribution in [1.29, 1.82) is 0 Å². The fourth-order valence-corrected chi connectivity index (χ4v) is 2.59. The van der Waals surface area contributed by atoms with Crippen LogP contribution < -0.4 is 26.8 Å². The Hall–Kier alpha value is -1.82. The molecule has 1 heterocycles. The molecule has 0 bridgehead atoms. The van der Waals surface area contributed by atoms with Crippen LogP contribution in [0.1, 0.15) is 13.8 Å². The zero-order valence-electron chi connectivity index (χ0n) is 12.5. The van der Waals surface area contributed by atoms with Crippen LogP contribution in [-0.4, -0.2) is 44.2 Å². The molecule has 1 atom stereocenters. The van der Waals surface area contributed by atoms with Crippen LogP contribution in [0.25, 0.3) is 0 Å². The number of nitrogens with zero attached hydrogens (tertiary/aromatic N) is 1. The SMILES string of the molecule is CCN(CC)CC1CNc2c(N)cc(OC)c(N)c2N1. The molecule has 6 N–H and O–H groups in total. The van der Waals surface area contributed by atoms with Crippen molar-refractivity contribution < 1.29 is 4.74 Å². The molecule has 0 saturated heterocycles. The van der Waals surface area contributed by atoms with E-state index in [9.17, 15) is 0 Å². The zero-order valence-corrected chi connectivity index (χ0v) is 12.5. The number of likely N-dealkylation sites (N-methyl/N-ethyl adjacent to an activating group) is 1. The minimum atomic E-state index is 0.302. The second kappa shape index (κ2) is 6.09. The molecule has 1 unspecified atom stereocenters. The molecule has 2 rings (SSSR count). The van der Waals surface area contributed by atoms with E-state index in [0.29, 0.717) is 23.2 Å². The van der Waals surface area contributed by atoms with Crippen LogP contribution in [0.5, 0.6) is 5.75 Å². The number of nitrogens with one attached hydrogen (secondary N) is 2. The molecule has 0 aromatic heterocycles. The molecular weight excluding hydrogens is 254 g/mol. The second-order valence-corrected chi connectivity index (χ2v) is 5.04. The lowest BCUT2D eigenvalue weighted by Crippen LogP contribution is -2.43. The van der Waals surface area contributed by atoms with E-state index in [-0.39, 0.29) is 0 Å². The summed E-state index contributed by atoms with van der Waals surface area (Å²) in [5.41, 5.74) is 15.2. The zero-order chi connectivity index (χ0) is 14.7. The first-order valence-corrected chi connectivity index (χ1v) is 7.09. The normalized spacial score (nSPS) is 17.3. The Balaban J connectivity index is 2.22. The smallest absolute Gasteiger partial charge is 0.146 e. The van der Waals surface area contributed by atoms with Gasteiger partial charge in [0.15, 0.2) is 0 Å². The Labute approximate surface area is 120 Å². The molecule has 0 aliphatic carbocycles. The minimum Gasteiger partial charge on any atom is -0.494 e. The van der Waals surface area contributed by atoms with Crippen molar-refractivity contribution in [3.63, 3.8) is 0 Å². The van der Waals surface area contributed by atoms with E-state index in [2.05, 4.69) is 29.4 Å². The third kappa shape index (κ3) is 2.70. The topological polar surface area (TPSA) is 88.6 Å². The van der Waals surface area contributed by atoms with Gasteiger partial charge in [0.1, 0.15) is 5.75 Å². The van der Waals surface area contributed by atoms with E-state index >= 15 is 0 Å². The van der Waals surface area contributed by atoms with Gasteiger partial charge in [-0.3, -0.25) is 0 Å². The van der Waals surface area contributed by atoms with E-state index in [1.165, 1.54) is 0 Å². The Morgan fingerprint density at radius 3 is 2.60 bits per heavy atom. The summed E-state index contributed by atoms with van der Waals surface area (Å²) in [4.78, 5) is 2.38. The Morgan fingerprint density at radius 1 is 1.30 bits per heavy atom. The lowest BCUT2D eigenvalue weighted by molar-refractivity contribution is 0.292. The molecule has 6 nitrogen and oxygen atoms in total. The molecule has 1 aliphatic heterocycles. The maximum atomic E-state index is 6.14. The minimum absolute atomic E-state index is 0.302. The van der Waals surface area contributed by atoms with Crippen LogP contribution in [0.3, 0.4) is 0 Å². The van der Waals surface area contributed by atoms with E-state index in [1.54, 1.807) is 13.2 Å². The number of nitrogens with two attached hydrogens (primary N) is 2. The summed E-state index contributed by atoms with van der Waals surface area (Å²) in [6.45, 7) is 8.22. The summed E-state index contributed by atoms with van der Waals surface area (Å²) in [5.74, 6) is 0.610. The highest BCUT2D eigenvalue weighted by Crippen LogP contribution is 2.42. The Bertz CT molecular complexity index is 473. The monoisotopic (exact) mass is 279 g/mol. The molecule has 1 aromatic rings. The summed E-state index contributed by atoms with van der Waals surface area (Å²) in [5, 5.41) is 6.87. The van der Waals surface area contributed by atoms with Crippen LogP contribution in [0.15, 0.2) is 6.07 Å². The molecule has 0 saturated carbocycles. The largest absolute Gasteiger partial charge is 0.494 e. The van der Waals surface area contributed by atoms with Crippen molar-refractivity contribution in [3.05, 3.63) is 6.07 Å². The number of nitrogen functional groups attached to an aromatic ring is 2. The molecule has 6 heteroatoms. The van der Waals surface area contributed by atoms with E-state index in [1.807, 2.05) is 0 Å². The predicted molar refractivity (Wildman–Crippen MR) is 85.5 cm³/mol. The number of hydrogen-bond acceptors (Lipinski definition) is 6. The van der Waals surface area contributed by atoms with Gasteiger partial charge in [0.25, 0.3) is 0 Å². The molecule has 0 spiro atoms. The summed E-state index contributed by atoms with van der Waals surface area (Å²) < 4.78 is 5.27. The van der Waals surface area contributed by atoms with Gasteiger partial charge >= 0.3 is 0 Å². The molecule has 0 fully saturated rings. The average molecular weight is 279 g/mol. The molecule has 20 heavy (non-hydrogen) atoms. The lowest BCUT2D eigenvalue weighted by atomic mass is 10.1. The quantitative estimate of drug-likeness (QED) is 0.609. The molecule has 112 valence electrons. The van der Waals surface area contributed by atoms with Gasteiger partial charge in [-0.1, -0.05) is 13.8 Å². The van der Waals surface area contributed by atoms with Gasteiger partial charge in [0.05, 0.1) is 35.9 Å². The van der Waals surface area contributed by atoms with E-state index in [4.69, 9.17) is 16.2 Å². The van der Waals surface area contributed by atoms with Crippen molar-refractivity contribution in [3.8, 4) is 5.75 Å². The number of rotatable bonds is 5. The molecule has 1 aliphatic rings. The van der Waals surface area contributed by atoms with Crippen molar-refractivity contribution in [2.45, 2.75) is 19.9 Å². The van der Waals surface area contributed by atoms with Gasteiger partial charge in [0.2, 0.25) is 0 Å². The van der Waals surface area contributed by atoms with Crippen molar-refractivity contribution in [2.24, 2.45) is 0 Å². The van der Waals surface area contributed by atoms with Crippen molar-refractivity contribution >= 4 is 22.7 Å². The van der Waals surface area contributed by atoms with Gasteiger partial charge in [-0.05, 0) is 13.1 Å². The predicted octanol–water partition coefficient (Wildman–Crippen LogP) is 1.41. The van der Waals surface area contributed by atoms with E-state index in [0.717, 1.165) is 37.6 Å². The van der Waals surface area contributed by atoms with Crippen molar-refractivity contribution in [1.82, 2.24) is 4.90 Å². The first-order valence-electron chi connectivity index (χ1n) is 7.09. The van der Waals surface area contributed by atoms with Gasteiger partial charge in [-0.15, -0.1) is 0 Å². The molecule has 0 amide bonds. The Morgan fingerprint density at radius 2 is 2.00 bits per heavy atom. The number of benzene rings is 1. The van der Waals surface area contributed by atoms with E-state index < -0.39 is 0 Å². The first-order chi connectivity index (χ1) is 9.60. The highest BCUT2D eigenvalue weighted by atomic mass is 16.5. The number of ether oxygens (including phenoxy) is 1. The molecule has 0 radical (unpaired) electrons. The van der Waals surface area contributed by atoms with Gasteiger partial charge < -0.3 is 31.7 Å². The third-order valence-corrected chi connectivity index (χ3v) is 3.83. The highest BCUT2D eigenvalue weighted by Gasteiger charge is 2.24. The second-order valence-electron chi connectivity index (χ2n) is 5.04. The average Bonchev–Trinajstić information content (AvgIpc) is 2.48. The van der Waals surface area contributed by atoms with Crippen LogP contribution in [0.2, 0.25) is 0 Å². The summed E-state index contributed by atoms with van der Waals surface area (Å²) in [6.07, 6.45) is 0. The fourth-order valence-electron chi connectivity index (χ4n) is 2.59. The number of methoxy groups -OCH3 is 1. The van der Waals surface area contributed by atoms with Crippen LogP contribution in [-0.2, 0) is 0 Å². The van der Waals surface area contributed by atoms with Gasteiger partial charge in [-0.25, -0.2) is 0 Å². The lowest BCUT2D eigenvalue weighted by Gasteiger charge is -2.33. The summed E-state index contributed by atoms with van der Waals surface area (Å²) in [6, 6.07) is 2.06. The van der Waals surface area contributed by atoms with Crippen molar-refractivity contribution in [2.75, 3.05) is 55.4 Å². The van der Waals surface area contributed by atoms with Gasteiger partial charge in [0, 0.05) is 19.2 Å². The first kappa shape index (κ1) is 14.6. The Kier molecular flexibility index (Phi) is 4.44. The molecule has 1 aromatic carbocycles. The van der Waals surface area contributed by atoms with Gasteiger partial charge in [-0.2, -0.15) is 0 Å². The summed E-state index contributed by atoms with van der Waals surface area (Å²) >= 11 is 0. The fraction of sp³-hybridized carbons (Fsp3) is 0.571. The third-order valence-electron chi connectivity index (χ3n) is 3.83. The number of hydrogen-bond donors (Lipinski definition) is 4. The number of fused-ring (bicyclic) bond motifs is 1. The van der Waals surface area contributed by atoms with Crippen LogP contribution in [0, 0.1) is 0 Å². The standard InChI is InChI=1S/C14H25N5O/c1-4-19(5-2)8-9-7-17-13-10(15)6-11(20-3)12(16)14(13)18-9/h6,9,17-18H,4-5,7-8,15-16H2,1-3H3. The van der Waals surface area contributed by atoms with Crippen LogP contribution >= 0.6 is 0 Å². The highest BCUT2D eigenvalue weighted by molar-refractivity contribution is 5.94. The summed E-state index contributed by atoms with van der Waals surface area (Å²) in [7, 11) is 1.60. The number of anilines is 4.